The minimum absolute atomic E-state index is 0.168. The number of H-pyrrole nitrogens is 1. The van der Waals surface area contributed by atoms with E-state index in [2.05, 4.69) is 10.3 Å². The van der Waals surface area contributed by atoms with E-state index < -0.39 is 35.0 Å². The van der Waals surface area contributed by atoms with Crippen molar-refractivity contribution in [2.45, 2.75) is 0 Å². The van der Waals surface area contributed by atoms with E-state index in [1.54, 1.807) is 60.7 Å². The third kappa shape index (κ3) is 4.62. The summed E-state index contributed by atoms with van der Waals surface area (Å²) < 4.78 is 0.951. The Morgan fingerprint density at radius 1 is 0.771 bits per heavy atom. The summed E-state index contributed by atoms with van der Waals surface area (Å²) in [6.45, 7) is 0. The Labute approximate surface area is 197 Å². The maximum atomic E-state index is 12.7. The van der Waals surface area contributed by atoms with Crippen LogP contribution in [0.2, 0.25) is 0 Å². The van der Waals surface area contributed by atoms with Gasteiger partial charge in [0.1, 0.15) is 11.1 Å². The summed E-state index contributed by atoms with van der Waals surface area (Å²) in [6.07, 6.45) is 6.64. The number of allylic oxidation sites excluding steroid dienone is 4. The molecule has 0 bridgehead atoms. The summed E-state index contributed by atoms with van der Waals surface area (Å²) in [5, 5.41) is 12.6. The Kier molecular flexibility index (Phi) is 6.36. The molecule has 0 radical (unpaired) electrons. The highest BCUT2D eigenvalue weighted by atomic mass is 16.3. The molecule has 0 spiro atoms. The van der Waals surface area contributed by atoms with Crippen molar-refractivity contribution in [2.24, 2.45) is 0 Å². The first-order valence-electron chi connectivity index (χ1n) is 10.3. The van der Waals surface area contributed by atoms with E-state index in [4.69, 9.17) is 0 Å². The molecule has 1 fully saturated rings. The molecule has 35 heavy (non-hydrogen) atoms. The van der Waals surface area contributed by atoms with E-state index in [0.717, 1.165) is 9.47 Å². The zero-order chi connectivity index (χ0) is 24.9. The van der Waals surface area contributed by atoms with Crippen molar-refractivity contribution in [3.05, 3.63) is 117 Å². The average molecular weight is 470 g/mol. The number of barbiturate groups is 1. The molecular weight excluding hydrogens is 452 g/mol. The number of aromatic nitrogens is 2. The third-order valence-corrected chi connectivity index (χ3v) is 5.00. The quantitative estimate of drug-likeness (QED) is 0.296. The monoisotopic (exact) mass is 470 g/mol. The van der Waals surface area contributed by atoms with Crippen LogP contribution in [0.15, 0.2) is 100 Å². The Bertz CT molecular complexity index is 1510. The molecule has 2 aromatic carbocycles. The van der Waals surface area contributed by atoms with Crippen LogP contribution in [0.25, 0.3) is 11.8 Å². The lowest BCUT2D eigenvalue weighted by Crippen LogP contribution is -2.54. The number of hydrogen-bond donors (Lipinski definition) is 3. The second-order valence-corrected chi connectivity index (χ2v) is 7.23. The van der Waals surface area contributed by atoms with Gasteiger partial charge in [0, 0.05) is 0 Å². The minimum Gasteiger partial charge on any atom is -0.494 e. The lowest BCUT2D eigenvalue weighted by Gasteiger charge is -2.26. The maximum Gasteiger partial charge on any atom is 0.335 e. The van der Waals surface area contributed by atoms with Gasteiger partial charge in [0.2, 0.25) is 5.88 Å². The molecular formula is C25H18N4O6. The van der Waals surface area contributed by atoms with Crippen LogP contribution in [0.4, 0.5) is 10.5 Å². The average Bonchev–Trinajstić information content (AvgIpc) is 2.83. The number of anilines is 1. The predicted octanol–water partition coefficient (Wildman–Crippen LogP) is 2.01. The molecule has 3 aromatic rings. The van der Waals surface area contributed by atoms with Gasteiger partial charge in [0.15, 0.2) is 0 Å². The summed E-state index contributed by atoms with van der Waals surface area (Å²) in [6, 6.07) is 15.6. The Hall–Kier alpha value is -5.25. The van der Waals surface area contributed by atoms with Gasteiger partial charge in [-0.1, -0.05) is 54.6 Å². The van der Waals surface area contributed by atoms with Crippen LogP contribution in [0, 0.1) is 0 Å². The predicted molar refractivity (Wildman–Crippen MR) is 128 cm³/mol. The van der Waals surface area contributed by atoms with E-state index in [0.29, 0.717) is 11.4 Å². The smallest absolute Gasteiger partial charge is 0.335 e. The van der Waals surface area contributed by atoms with Crippen molar-refractivity contribution >= 4 is 29.6 Å². The molecule has 4 amide bonds. The van der Waals surface area contributed by atoms with Gasteiger partial charge < -0.3 is 5.11 Å². The first-order valence-corrected chi connectivity index (χ1v) is 10.3. The van der Waals surface area contributed by atoms with Crippen LogP contribution < -0.4 is 21.5 Å². The van der Waals surface area contributed by atoms with Crippen molar-refractivity contribution in [2.75, 3.05) is 4.90 Å². The van der Waals surface area contributed by atoms with Gasteiger partial charge in [-0.05, 0) is 36.4 Å². The molecule has 1 saturated heterocycles. The number of imide groups is 2. The normalized spacial score (nSPS) is 15.4. The summed E-state index contributed by atoms with van der Waals surface area (Å²) in [5.74, 6) is -2.18. The van der Waals surface area contributed by atoms with Crippen molar-refractivity contribution in [1.29, 1.82) is 0 Å². The second kappa shape index (κ2) is 9.71. The molecule has 3 N–H and O–H groups in total. The number of benzene rings is 2. The summed E-state index contributed by atoms with van der Waals surface area (Å²) >= 11 is 0. The maximum absolute atomic E-state index is 12.7. The molecule has 174 valence electrons. The number of hydrogen-bond acceptors (Lipinski definition) is 6. The molecule has 10 heteroatoms. The number of urea groups is 1. The van der Waals surface area contributed by atoms with Gasteiger partial charge in [-0.25, -0.2) is 19.1 Å². The van der Waals surface area contributed by atoms with Crippen LogP contribution in [-0.2, 0) is 9.59 Å². The van der Waals surface area contributed by atoms with Gasteiger partial charge in [0.05, 0.1) is 11.4 Å². The number of rotatable bonds is 5. The molecule has 2 heterocycles. The molecule has 1 aromatic heterocycles. The van der Waals surface area contributed by atoms with Crippen LogP contribution >= 0.6 is 0 Å². The summed E-state index contributed by atoms with van der Waals surface area (Å²) in [7, 11) is 0. The van der Waals surface area contributed by atoms with Gasteiger partial charge in [-0.3, -0.25) is 24.7 Å². The minimum atomic E-state index is -0.851. The fraction of sp³-hybridized carbons (Fsp3) is 0. The largest absolute Gasteiger partial charge is 0.494 e. The summed E-state index contributed by atoms with van der Waals surface area (Å²) in [4.78, 5) is 64.4. The highest BCUT2D eigenvalue weighted by Crippen LogP contribution is 2.20. The number of para-hydroxylation sites is 2. The highest BCUT2D eigenvalue weighted by molar-refractivity contribution is 6.37. The molecule has 10 nitrogen and oxygen atoms in total. The van der Waals surface area contributed by atoms with Crippen LogP contribution in [-0.4, -0.2) is 32.5 Å². The van der Waals surface area contributed by atoms with Crippen molar-refractivity contribution in [3.63, 3.8) is 0 Å². The molecule has 1 aliphatic rings. The number of amides is 4. The molecule has 4 rings (SSSR count). The molecule has 0 atom stereocenters. The van der Waals surface area contributed by atoms with E-state index in [1.807, 2.05) is 0 Å². The van der Waals surface area contributed by atoms with Gasteiger partial charge in [-0.15, -0.1) is 0 Å². The standard InChI is InChI=1S/C25H18N4O6/c30-20-18(22(32)28(24(34)26-20)16-10-4-1-5-11-16)14-8-3-9-15-19-21(31)27-25(35)29(23(19)33)17-12-6-2-7-13-17/h1-15,32H,(H,26,30,34)(H,27,31,35)/b9-3+,14-8+,19-15+. The molecule has 0 saturated carbocycles. The van der Waals surface area contributed by atoms with E-state index in [9.17, 15) is 29.1 Å². The van der Waals surface area contributed by atoms with Crippen molar-refractivity contribution in [3.8, 4) is 11.6 Å². The van der Waals surface area contributed by atoms with Crippen LogP contribution in [0.3, 0.4) is 0 Å². The fourth-order valence-corrected chi connectivity index (χ4v) is 3.36. The zero-order valence-corrected chi connectivity index (χ0v) is 18.0. The number of carbonyl (C=O) groups is 3. The van der Waals surface area contributed by atoms with Crippen molar-refractivity contribution < 1.29 is 19.5 Å². The third-order valence-electron chi connectivity index (χ3n) is 5.00. The molecule has 0 aliphatic carbocycles. The van der Waals surface area contributed by atoms with Crippen LogP contribution in [0.5, 0.6) is 5.88 Å². The molecule has 0 unspecified atom stereocenters. The number of carbonyl (C=O) groups excluding carboxylic acids is 3. The number of nitrogens with zero attached hydrogens (tertiary/aromatic N) is 2. The van der Waals surface area contributed by atoms with Crippen molar-refractivity contribution in [1.82, 2.24) is 14.9 Å². The zero-order valence-electron chi connectivity index (χ0n) is 18.0. The molecule has 1 aliphatic heterocycles. The number of aromatic hydroxyl groups is 1. The fourth-order valence-electron chi connectivity index (χ4n) is 3.36. The van der Waals surface area contributed by atoms with E-state index >= 15 is 0 Å². The lowest BCUT2D eigenvalue weighted by atomic mass is 10.1. The lowest BCUT2D eigenvalue weighted by molar-refractivity contribution is -0.122. The SMILES string of the molecule is O=C1NC(=O)N(c2ccccc2)C(=O)/C1=C/C=C/C=C/c1c(O)n(-c2ccccc2)c(=O)[nH]c1=O. The highest BCUT2D eigenvalue weighted by Gasteiger charge is 2.36. The first-order chi connectivity index (χ1) is 16.9. The first kappa shape index (κ1) is 22.9. The number of nitrogens with one attached hydrogen (secondary N) is 2. The van der Waals surface area contributed by atoms with Gasteiger partial charge in [0.25, 0.3) is 17.4 Å². The van der Waals surface area contributed by atoms with Gasteiger partial charge >= 0.3 is 11.7 Å². The number of aromatic amines is 1. The second-order valence-electron chi connectivity index (χ2n) is 7.23. The Balaban J connectivity index is 1.59. The van der Waals surface area contributed by atoms with E-state index in [-0.39, 0.29) is 11.1 Å². The topological polar surface area (TPSA) is 142 Å². The Morgan fingerprint density at radius 3 is 2.06 bits per heavy atom. The summed E-state index contributed by atoms with van der Waals surface area (Å²) in [5.41, 5.74) is -1.35. The van der Waals surface area contributed by atoms with Crippen LogP contribution in [0.1, 0.15) is 5.56 Å². The van der Waals surface area contributed by atoms with Gasteiger partial charge in [-0.2, -0.15) is 0 Å². The van der Waals surface area contributed by atoms with E-state index in [1.165, 1.54) is 30.4 Å². The Morgan fingerprint density at radius 2 is 1.40 bits per heavy atom.